The van der Waals surface area contributed by atoms with Gasteiger partial charge < -0.3 is 14.5 Å². The van der Waals surface area contributed by atoms with Gasteiger partial charge in [0.15, 0.2) is 0 Å². The lowest BCUT2D eigenvalue weighted by Crippen LogP contribution is -2.34. The van der Waals surface area contributed by atoms with E-state index in [1.165, 1.54) is 5.56 Å². The Hall–Kier alpha value is -0.840. The monoisotopic (exact) mass is 280 g/mol. The number of ether oxygens (including phenoxy) is 1. The van der Waals surface area contributed by atoms with Gasteiger partial charge in [-0.1, -0.05) is 0 Å². The first-order valence-corrected chi connectivity index (χ1v) is 7.58. The van der Waals surface area contributed by atoms with Crippen molar-refractivity contribution in [1.29, 1.82) is 0 Å². The lowest BCUT2D eigenvalue weighted by Gasteiger charge is -2.20. The fraction of sp³-hybridized carbons (Fsp3) is 0.750. The Balaban J connectivity index is 1.85. The summed E-state index contributed by atoms with van der Waals surface area (Å²) in [5, 5.41) is 3.48. The van der Waals surface area contributed by atoms with E-state index in [9.17, 15) is 0 Å². The van der Waals surface area contributed by atoms with Crippen LogP contribution < -0.4 is 5.32 Å². The molecule has 0 saturated carbocycles. The topological polar surface area (TPSA) is 37.6 Å². The summed E-state index contributed by atoms with van der Waals surface area (Å²) in [6, 6.07) is 2.16. The van der Waals surface area contributed by atoms with Gasteiger partial charge >= 0.3 is 0 Å². The van der Waals surface area contributed by atoms with Crippen LogP contribution in [0.2, 0.25) is 0 Å². The van der Waals surface area contributed by atoms with E-state index in [0.29, 0.717) is 6.10 Å². The minimum absolute atomic E-state index is 0.134. The minimum Gasteiger partial charge on any atom is -0.468 e. The van der Waals surface area contributed by atoms with Crippen LogP contribution in [-0.4, -0.2) is 36.2 Å². The fourth-order valence-corrected chi connectivity index (χ4v) is 2.41. The first-order valence-electron chi connectivity index (χ1n) is 7.58. The molecule has 0 spiro atoms. The summed E-state index contributed by atoms with van der Waals surface area (Å²) < 4.78 is 11.4. The summed E-state index contributed by atoms with van der Waals surface area (Å²) >= 11 is 0. The van der Waals surface area contributed by atoms with E-state index in [2.05, 4.69) is 44.0 Å². The highest BCUT2D eigenvalue weighted by Gasteiger charge is 2.17. The molecule has 1 aromatic rings. The molecule has 1 aliphatic rings. The Bertz CT molecular complexity index is 409. The van der Waals surface area contributed by atoms with Gasteiger partial charge in [0.1, 0.15) is 5.76 Å². The van der Waals surface area contributed by atoms with Crippen LogP contribution in [0.15, 0.2) is 16.7 Å². The van der Waals surface area contributed by atoms with Gasteiger partial charge in [-0.3, -0.25) is 4.90 Å². The average Bonchev–Trinajstić information content (AvgIpc) is 2.69. The predicted octanol–water partition coefficient (Wildman–Crippen LogP) is 2.78. The minimum atomic E-state index is 0.134. The van der Waals surface area contributed by atoms with E-state index in [0.717, 1.165) is 45.0 Å². The Kier molecular flexibility index (Phi) is 5.24. The van der Waals surface area contributed by atoms with Crippen molar-refractivity contribution in [2.75, 3.05) is 19.7 Å². The van der Waals surface area contributed by atoms with Crippen LogP contribution in [-0.2, 0) is 17.8 Å². The van der Waals surface area contributed by atoms with E-state index in [1.54, 1.807) is 0 Å². The molecule has 0 aliphatic carbocycles. The average molecular weight is 280 g/mol. The SMILES string of the molecule is CC1CN(Cc2cc(CNC(C)(C)C)co2)CCCO1. The molecule has 1 saturated heterocycles. The van der Waals surface area contributed by atoms with Crippen LogP contribution in [0.25, 0.3) is 0 Å². The van der Waals surface area contributed by atoms with Gasteiger partial charge in [0.25, 0.3) is 0 Å². The fourth-order valence-electron chi connectivity index (χ4n) is 2.41. The molecule has 1 atom stereocenters. The Morgan fingerprint density at radius 1 is 1.40 bits per heavy atom. The van der Waals surface area contributed by atoms with Crippen LogP contribution in [0.1, 0.15) is 45.4 Å². The molecular weight excluding hydrogens is 252 g/mol. The molecular formula is C16H28N2O2. The van der Waals surface area contributed by atoms with Gasteiger partial charge in [-0.2, -0.15) is 0 Å². The molecule has 114 valence electrons. The third-order valence-electron chi connectivity index (χ3n) is 3.45. The highest BCUT2D eigenvalue weighted by molar-refractivity contribution is 5.13. The number of hydrogen-bond acceptors (Lipinski definition) is 4. The zero-order chi connectivity index (χ0) is 14.6. The maximum Gasteiger partial charge on any atom is 0.118 e. The summed E-state index contributed by atoms with van der Waals surface area (Å²) in [7, 11) is 0. The summed E-state index contributed by atoms with van der Waals surface area (Å²) in [5.74, 6) is 1.05. The molecule has 1 N–H and O–H groups in total. The first-order chi connectivity index (χ1) is 9.42. The van der Waals surface area contributed by atoms with E-state index >= 15 is 0 Å². The second-order valence-corrected chi connectivity index (χ2v) is 6.79. The van der Waals surface area contributed by atoms with E-state index in [1.807, 2.05) is 6.26 Å². The summed E-state index contributed by atoms with van der Waals surface area (Å²) in [6.07, 6.45) is 3.28. The zero-order valence-corrected chi connectivity index (χ0v) is 13.2. The molecule has 1 fully saturated rings. The van der Waals surface area contributed by atoms with E-state index < -0.39 is 0 Å². The highest BCUT2D eigenvalue weighted by Crippen LogP contribution is 2.14. The van der Waals surface area contributed by atoms with Crippen molar-refractivity contribution >= 4 is 0 Å². The smallest absolute Gasteiger partial charge is 0.118 e. The number of nitrogens with one attached hydrogen (secondary N) is 1. The second-order valence-electron chi connectivity index (χ2n) is 6.79. The van der Waals surface area contributed by atoms with Gasteiger partial charge in [-0.25, -0.2) is 0 Å². The van der Waals surface area contributed by atoms with Gasteiger partial charge in [-0.15, -0.1) is 0 Å². The van der Waals surface area contributed by atoms with Crippen molar-refractivity contribution in [1.82, 2.24) is 10.2 Å². The standard InChI is InChI=1S/C16H28N2O2/c1-13-10-18(6-5-7-19-13)11-15-8-14(12-20-15)9-17-16(2,3)4/h8,12-13,17H,5-7,9-11H2,1-4H3. The van der Waals surface area contributed by atoms with Gasteiger partial charge in [0, 0.05) is 37.3 Å². The van der Waals surface area contributed by atoms with E-state index in [4.69, 9.17) is 9.15 Å². The molecule has 0 amide bonds. The van der Waals surface area contributed by atoms with E-state index in [-0.39, 0.29) is 5.54 Å². The van der Waals surface area contributed by atoms with Crippen LogP contribution >= 0.6 is 0 Å². The Morgan fingerprint density at radius 2 is 2.20 bits per heavy atom. The summed E-state index contributed by atoms with van der Waals surface area (Å²) in [5.41, 5.74) is 1.35. The molecule has 4 nitrogen and oxygen atoms in total. The van der Waals surface area contributed by atoms with Crippen molar-refractivity contribution in [3.8, 4) is 0 Å². The van der Waals surface area contributed by atoms with Crippen molar-refractivity contribution < 1.29 is 9.15 Å². The predicted molar refractivity (Wildman–Crippen MR) is 80.6 cm³/mol. The molecule has 1 unspecified atom stereocenters. The molecule has 20 heavy (non-hydrogen) atoms. The molecule has 2 heterocycles. The Morgan fingerprint density at radius 3 is 2.95 bits per heavy atom. The summed E-state index contributed by atoms with van der Waals surface area (Å²) in [4.78, 5) is 2.41. The number of furan rings is 1. The maximum absolute atomic E-state index is 5.69. The third kappa shape index (κ3) is 5.27. The van der Waals surface area contributed by atoms with Crippen LogP contribution in [0.3, 0.4) is 0 Å². The highest BCUT2D eigenvalue weighted by atomic mass is 16.5. The van der Waals surface area contributed by atoms with Crippen molar-refractivity contribution in [2.24, 2.45) is 0 Å². The molecule has 4 heteroatoms. The normalized spacial score (nSPS) is 21.9. The molecule has 0 radical (unpaired) electrons. The third-order valence-corrected chi connectivity index (χ3v) is 3.45. The van der Waals surface area contributed by atoms with Crippen LogP contribution in [0.4, 0.5) is 0 Å². The quantitative estimate of drug-likeness (QED) is 0.920. The number of nitrogens with zero attached hydrogens (tertiary/aromatic N) is 1. The molecule has 0 bridgehead atoms. The van der Waals surface area contributed by atoms with Gasteiger partial charge in [0.05, 0.1) is 18.9 Å². The van der Waals surface area contributed by atoms with Crippen molar-refractivity contribution in [3.05, 3.63) is 23.7 Å². The van der Waals surface area contributed by atoms with Crippen LogP contribution in [0, 0.1) is 0 Å². The molecule has 1 aliphatic heterocycles. The maximum atomic E-state index is 5.69. The zero-order valence-electron chi connectivity index (χ0n) is 13.2. The van der Waals surface area contributed by atoms with Gasteiger partial charge in [-0.05, 0) is 40.2 Å². The molecule has 1 aromatic heterocycles. The number of rotatable bonds is 4. The van der Waals surface area contributed by atoms with Crippen molar-refractivity contribution in [2.45, 2.75) is 58.8 Å². The second kappa shape index (κ2) is 6.74. The lowest BCUT2D eigenvalue weighted by molar-refractivity contribution is 0.0659. The van der Waals surface area contributed by atoms with Crippen molar-refractivity contribution in [3.63, 3.8) is 0 Å². The largest absolute Gasteiger partial charge is 0.468 e. The lowest BCUT2D eigenvalue weighted by atomic mass is 10.1. The van der Waals surface area contributed by atoms with Crippen LogP contribution in [0.5, 0.6) is 0 Å². The molecule has 2 rings (SSSR count). The summed E-state index contributed by atoms with van der Waals surface area (Å²) in [6.45, 7) is 13.3. The Labute approximate surface area is 122 Å². The molecule has 0 aromatic carbocycles. The first kappa shape index (κ1) is 15.5. The number of hydrogen-bond donors (Lipinski definition) is 1. The van der Waals surface area contributed by atoms with Gasteiger partial charge in [0.2, 0.25) is 0 Å².